The van der Waals surface area contributed by atoms with Gasteiger partial charge in [-0.15, -0.1) is 0 Å². The van der Waals surface area contributed by atoms with Gasteiger partial charge in [0.15, 0.2) is 0 Å². The summed E-state index contributed by atoms with van der Waals surface area (Å²) in [5, 5.41) is 3.42. The molecule has 16 heavy (non-hydrogen) atoms. The number of benzene rings is 1. The van der Waals surface area contributed by atoms with E-state index in [1.165, 1.54) is 5.56 Å². The molecular weight excluding hydrogens is 266 g/mol. The summed E-state index contributed by atoms with van der Waals surface area (Å²) in [6.07, 6.45) is 1.69. The van der Waals surface area contributed by atoms with Crippen molar-refractivity contribution in [3.63, 3.8) is 0 Å². The zero-order valence-electron chi connectivity index (χ0n) is 9.11. The summed E-state index contributed by atoms with van der Waals surface area (Å²) in [5.41, 5.74) is 1.28. The van der Waals surface area contributed by atoms with Crippen molar-refractivity contribution in [2.75, 3.05) is 0 Å². The fraction of sp³-hybridized carbons (Fsp3) is 0.231. The number of rotatable bonds is 4. The van der Waals surface area contributed by atoms with Crippen molar-refractivity contribution in [1.29, 1.82) is 0 Å². The van der Waals surface area contributed by atoms with Gasteiger partial charge in [-0.05, 0) is 34.5 Å². The SMILES string of the molecule is CC(NCc1ccccc1)c1occc1Br. The molecule has 0 aliphatic carbocycles. The van der Waals surface area contributed by atoms with E-state index in [4.69, 9.17) is 4.42 Å². The van der Waals surface area contributed by atoms with E-state index < -0.39 is 0 Å². The van der Waals surface area contributed by atoms with Gasteiger partial charge in [0.2, 0.25) is 0 Å². The predicted molar refractivity (Wildman–Crippen MR) is 68.1 cm³/mol. The minimum atomic E-state index is 0.199. The summed E-state index contributed by atoms with van der Waals surface area (Å²) in [7, 11) is 0. The van der Waals surface area contributed by atoms with Crippen molar-refractivity contribution >= 4 is 15.9 Å². The second-order valence-corrected chi connectivity index (χ2v) is 4.58. The number of hydrogen-bond acceptors (Lipinski definition) is 2. The molecule has 0 bridgehead atoms. The molecule has 2 aromatic rings. The van der Waals surface area contributed by atoms with Crippen LogP contribution in [-0.2, 0) is 6.54 Å². The highest BCUT2D eigenvalue weighted by atomic mass is 79.9. The van der Waals surface area contributed by atoms with E-state index in [0.717, 1.165) is 16.8 Å². The zero-order valence-corrected chi connectivity index (χ0v) is 10.7. The van der Waals surface area contributed by atoms with E-state index in [1.807, 2.05) is 24.3 Å². The molecular formula is C13H14BrNO. The molecule has 3 heteroatoms. The van der Waals surface area contributed by atoms with Gasteiger partial charge in [0.05, 0.1) is 16.8 Å². The Morgan fingerprint density at radius 2 is 2.00 bits per heavy atom. The van der Waals surface area contributed by atoms with Gasteiger partial charge < -0.3 is 9.73 Å². The Morgan fingerprint density at radius 3 is 2.62 bits per heavy atom. The Labute approximate surface area is 104 Å². The summed E-state index contributed by atoms with van der Waals surface area (Å²) < 4.78 is 6.42. The molecule has 0 aliphatic rings. The molecule has 1 atom stereocenters. The van der Waals surface area contributed by atoms with Gasteiger partial charge in [-0.3, -0.25) is 0 Å². The van der Waals surface area contributed by atoms with Crippen molar-refractivity contribution in [2.45, 2.75) is 19.5 Å². The highest BCUT2D eigenvalue weighted by Crippen LogP contribution is 2.24. The third-order valence-corrected chi connectivity index (χ3v) is 3.15. The molecule has 1 aromatic carbocycles. The summed E-state index contributed by atoms with van der Waals surface area (Å²) >= 11 is 3.46. The molecule has 2 nitrogen and oxygen atoms in total. The van der Waals surface area contributed by atoms with Crippen LogP contribution in [0.3, 0.4) is 0 Å². The average molecular weight is 280 g/mol. The first-order valence-corrected chi connectivity index (χ1v) is 6.07. The number of furan rings is 1. The summed E-state index contributed by atoms with van der Waals surface area (Å²) in [6, 6.07) is 12.4. The van der Waals surface area contributed by atoms with Crippen LogP contribution < -0.4 is 5.32 Å². The van der Waals surface area contributed by atoms with Crippen LogP contribution in [0.4, 0.5) is 0 Å². The molecule has 84 valence electrons. The molecule has 0 saturated carbocycles. The van der Waals surface area contributed by atoms with Crippen LogP contribution in [0.25, 0.3) is 0 Å². The smallest absolute Gasteiger partial charge is 0.134 e. The highest BCUT2D eigenvalue weighted by molar-refractivity contribution is 9.10. The fourth-order valence-electron chi connectivity index (χ4n) is 1.57. The number of hydrogen-bond donors (Lipinski definition) is 1. The normalized spacial score (nSPS) is 12.6. The standard InChI is InChI=1S/C13H14BrNO/c1-10(13-12(14)7-8-16-13)15-9-11-5-3-2-4-6-11/h2-8,10,15H,9H2,1H3. The van der Waals surface area contributed by atoms with Crippen molar-refractivity contribution in [3.05, 3.63) is 58.5 Å². The maximum atomic E-state index is 5.41. The van der Waals surface area contributed by atoms with Crippen LogP contribution >= 0.6 is 15.9 Å². The molecule has 0 spiro atoms. The van der Waals surface area contributed by atoms with Gasteiger partial charge in [-0.1, -0.05) is 30.3 Å². The minimum absolute atomic E-state index is 0.199. The van der Waals surface area contributed by atoms with Crippen LogP contribution in [0.1, 0.15) is 24.3 Å². The van der Waals surface area contributed by atoms with Gasteiger partial charge in [-0.2, -0.15) is 0 Å². The first kappa shape index (κ1) is 11.4. The van der Waals surface area contributed by atoms with Gasteiger partial charge in [0.25, 0.3) is 0 Å². The molecule has 1 heterocycles. The van der Waals surface area contributed by atoms with Crippen LogP contribution in [0.5, 0.6) is 0 Å². The Morgan fingerprint density at radius 1 is 1.25 bits per heavy atom. The lowest BCUT2D eigenvalue weighted by Gasteiger charge is -2.11. The van der Waals surface area contributed by atoms with Crippen LogP contribution in [0.2, 0.25) is 0 Å². The predicted octanol–water partition coefficient (Wildman–Crippen LogP) is 3.89. The first-order chi connectivity index (χ1) is 7.77. The topological polar surface area (TPSA) is 25.2 Å². The Balaban J connectivity index is 1.94. The van der Waals surface area contributed by atoms with E-state index in [-0.39, 0.29) is 6.04 Å². The monoisotopic (exact) mass is 279 g/mol. The Hall–Kier alpha value is -1.06. The van der Waals surface area contributed by atoms with E-state index in [2.05, 4.69) is 40.3 Å². The van der Waals surface area contributed by atoms with Crippen molar-refractivity contribution in [1.82, 2.24) is 5.32 Å². The number of halogens is 1. The second-order valence-electron chi connectivity index (χ2n) is 3.72. The molecule has 0 radical (unpaired) electrons. The van der Waals surface area contributed by atoms with Gasteiger partial charge in [-0.25, -0.2) is 0 Å². The lowest BCUT2D eigenvalue weighted by molar-refractivity contribution is 0.428. The lowest BCUT2D eigenvalue weighted by atomic mass is 10.2. The Kier molecular flexibility index (Phi) is 3.80. The molecule has 0 aliphatic heterocycles. The minimum Gasteiger partial charge on any atom is -0.466 e. The second kappa shape index (κ2) is 5.32. The third-order valence-electron chi connectivity index (χ3n) is 2.49. The lowest BCUT2D eigenvalue weighted by Crippen LogP contribution is -2.17. The maximum Gasteiger partial charge on any atom is 0.134 e. The maximum absolute atomic E-state index is 5.41. The number of nitrogens with one attached hydrogen (secondary N) is 1. The van der Waals surface area contributed by atoms with E-state index in [1.54, 1.807) is 6.26 Å². The average Bonchev–Trinajstić information content (AvgIpc) is 2.74. The molecule has 0 saturated heterocycles. The Bertz CT molecular complexity index is 438. The molecule has 1 unspecified atom stereocenters. The van der Waals surface area contributed by atoms with Crippen molar-refractivity contribution in [3.8, 4) is 0 Å². The van der Waals surface area contributed by atoms with Gasteiger partial charge >= 0.3 is 0 Å². The molecule has 1 N–H and O–H groups in total. The largest absolute Gasteiger partial charge is 0.466 e. The highest BCUT2D eigenvalue weighted by Gasteiger charge is 2.11. The van der Waals surface area contributed by atoms with Crippen LogP contribution in [0.15, 0.2) is 51.6 Å². The quantitative estimate of drug-likeness (QED) is 0.919. The van der Waals surface area contributed by atoms with Gasteiger partial charge in [0, 0.05) is 6.54 Å². The molecule has 1 aromatic heterocycles. The van der Waals surface area contributed by atoms with Crippen molar-refractivity contribution in [2.24, 2.45) is 0 Å². The fourth-order valence-corrected chi connectivity index (χ4v) is 2.12. The van der Waals surface area contributed by atoms with E-state index in [0.29, 0.717) is 0 Å². The zero-order chi connectivity index (χ0) is 11.4. The molecule has 0 fully saturated rings. The van der Waals surface area contributed by atoms with Crippen LogP contribution in [-0.4, -0.2) is 0 Å². The molecule has 0 amide bonds. The summed E-state index contributed by atoms with van der Waals surface area (Å²) in [4.78, 5) is 0. The third kappa shape index (κ3) is 2.74. The summed E-state index contributed by atoms with van der Waals surface area (Å²) in [5.74, 6) is 0.941. The summed E-state index contributed by atoms with van der Waals surface area (Å²) in [6.45, 7) is 2.93. The van der Waals surface area contributed by atoms with E-state index in [9.17, 15) is 0 Å². The van der Waals surface area contributed by atoms with Crippen LogP contribution in [0, 0.1) is 0 Å². The molecule has 2 rings (SSSR count). The first-order valence-electron chi connectivity index (χ1n) is 5.27. The van der Waals surface area contributed by atoms with Gasteiger partial charge in [0.1, 0.15) is 5.76 Å². The van der Waals surface area contributed by atoms with E-state index >= 15 is 0 Å². The van der Waals surface area contributed by atoms with Crippen molar-refractivity contribution < 1.29 is 4.42 Å².